The molecule has 0 bridgehead atoms. The van der Waals surface area contributed by atoms with E-state index in [1.807, 2.05) is 0 Å². The number of rotatable bonds is 5. The maximum Gasteiger partial charge on any atom is 0.145 e. The van der Waals surface area contributed by atoms with Crippen molar-refractivity contribution in [1.82, 2.24) is 0 Å². The smallest absolute Gasteiger partial charge is 0.145 e. The highest BCUT2D eigenvalue weighted by Gasteiger charge is 2.10. The van der Waals surface area contributed by atoms with Crippen molar-refractivity contribution >= 4 is 5.69 Å². The van der Waals surface area contributed by atoms with Gasteiger partial charge >= 0.3 is 0 Å². The van der Waals surface area contributed by atoms with Gasteiger partial charge in [-0.2, -0.15) is 10.5 Å². The number of aliphatic hydroxyl groups is 1. The summed E-state index contributed by atoms with van der Waals surface area (Å²) in [5.74, 6) is 1.61. The third-order valence-corrected chi connectivity index (χ3v) is 2.92. The quantitative estimate of drug-likeness (QED) is 0.822. The second-order valence-corrected chi connectivity index (χ2v) is 4.26. The average molecular weight is 295 g/mol. The van der Waals surface area contributed by atoms with Crippen LogP contribution in [0.5, 0.6) is 5.75 Å². The molecule has 22 heavy (non-hydrogen) atoms. The lowest BCUT2D eigenvalue weighted by molar-refractivity contribution is 0.248. The summed E-state index contributed by atoms with van der Waals surface area (Å²) in [6, 6.07) is 12.2. The lowest BCUT2D eigenvalue weighted by Gasteiger charge is -2.09. The summed E-state index contributed by atoms with van der Waals surface area (Å²) in [4.78, 5) is 0. The molecule has 0 spiro atoms. The van der Waals surface area contributed by atoms with E-state index in [-0.39, 0.29) is 12.2 Å². The molecule has 2 aromatic rings. The van der Waals surface area contributed by atoms with E-state index >= 15 is 0 Å². The minimum atomic E-state index is -0.189. The maximum atomic E-state index is 9.08. The molecule has 2 rings (SSSR count). The summed E-state index contributed by atoms with van der Waals surface area (Å²) >= 11 is 0. The van der Waals surface area contributed by atoms with Crippen molar-refractivity contribution in [2.24, 2.45) is 0 Å². The fourth-order valence-electron chi connectivity index (χ4n) is 1.83. The molecule has 0 saturated heterocycles. The van der Waals surface area contributed by atoms with Crippen molar-refractivity contribution < 1.29 is 14.3 Å². The normalized spacial score (nSPS) is 9.45. The SMILES string of the molecule is COc1ccc(-c2ccc(CO)o2)c(NC=C(C#N)C#N)c1. The van der Waals surface area contributed by atoms with Gasteiger partial charge in [-0.15, -0.1) is 0 Å². The second-order valence-electron chi connectivity index (χ2n) is 4.26. The summed E-state index contributed by atoms with van der Waals surface area (Å²) < 4.78 is 10.7. The van der Waals surface area contributed by atoms with Crippen LogP contribution in [0, 0.1) is 22.7 Å². The zero-order valence-corrected chi connectivity index (χ0v) is 11.8. The summed E-state index contributed by atoms with van der Waals surface area (Å²) in [6.07, 6.45) is 1.31. The van der Waals surface area contributed by atoms with Crippen molar-refractivity contribution in [2.45, 2.75) is 6.61 Å². The Bertz CT molecular complexity index is 763. The predicted octanol–water partition coefficient (Wildman–Crippen LogP) is 2.79. The van der Waals surface area contributed by atoms with Crippen molar-refractivity contribution in [3.8, 4) is 29.2 Å². The Morgan fingerprint density at radius 1 is 1.32 bits per heavy atom. The maximum absolute atomic E-state index is 9.08. The monoisotopic (exact) mass is 295 g/mol. The molecule has 0 atom stereocenters. The van der Waals surface area contributed by atoms with Crippen LogP contribution in [0.2, 0.25) is 0 Å². The number of benzene rings is 1. The molecular weight excluding hydrogens is 282 g/mol. The van der Waals surface area contributed by atoms with Crippen molar-refractivity contribution in [3.63, 3.8) is 0 Å². The van der Waals surface area contributed by atoms with Gasteiger partial charge in [-0.3, -0.25) is 0 Å². The van der Waals surface area contributed by atoms with Gasteiger partial charge in [0, 0.05) is 17.8 Å². The number of aliphatic hydroxyl groups excluding tert-OH is 1. The van der Waals surface area contributed by atoms with Crippen molar-refractivity contribution in [3.05, 3.63) is 47.9 Å². The molecule has 0 unspecified atom stereocenters. The minimum absolute atomic E-state index is 0.0516. The number of allylic oxidation sites excluding steroid dienone is 1. The van der Waals surface area contributed by atoms with Crippen molar-refractivity contribution in [2.75, 3.05) is 12.4 Å². The van der Waals surface area contributed by atoms with Gasteiger partial charge in [-0.05, 0) is 24.3 Å². The third kappa shape index (κ3) is 3.26. The van der Waals surface area contributed by atoms with Gasteiger partial charge in [0.25, 0.3) is 0 Å². The number of ether oxygens (including phenoxy) is 1. The Kier molecular flexibility index (Phi) is 4.81. The molecule has 0 aliphatic heterocycles. The van der Waals surface area contributed by atoms with Gasteiger partial charge in [0.2, 0.25) is 0 Å². The Morgan fingerprint density at radius 3 is 2.68 bits per heavy atom. The molecule has 6 heteroatoms. The summed E-state index contributed by atoms with van der Waals surface area (Å²) in [5.41, 5.74) is 1.28. The molecule has 2 N–H and O–H groups in total. The first kappa shape index (κ1) is 15.2. The van der Waals surface area contributed by atoms with Crippen LogP contribution in [0.25, 0.3) is 11.3 Å². The highest BCUT2D eigenvalue weighted by Crippen LogP contribution is 2.33. The first-order valence-corrected chi connectivity index (χ1v) is 6.36. The molecule has 110 valence electrons. The van der Waals surface area contributed by atoms with Gasteiger partial charge in [-0.1, -0.05) is 0 Å². The molecule has 1 aromatic carbocycles. The van der Waals surface area contributed by atoms with E-state index in [9.17, 15) is 0 Å². The minimum Gasteiger partial charge on any atom is -0.497 e. The summed E-state index contributed by atoms with van der Waals surface area (Å²) in [7, 11) is 1.54. The Morgan fingerprint density at radius 2 is 2.09 bits per heavy atom. The van der Waals surface area contributed by atoms with Gasteiger partial charge in [0.15, 0.2) is 0 Å². The molecule has 0 amide bonds. The van der Waals surface area contributed by atoms with E-state index in [1.54, 1.807) is 49.6 Å². The van der Waals surface area contributed by atoms with Gasteiger partial charge in [-0.25, -0.2) is 0 Å². The number of methoxy groups -OCH3 is 1. The standard InChI is InChI=1S/C16H13N3O3/c1-21-12-2-4-14(16-5-3-13(10-20)22-16)15(6-12)19-9-11(7-17)8-18/h2-6,9,19-20H,10H2,1H3. The topological polar surface area (TPSA) is 102 Å². The number of nitriles is 2. The molecule has 1 heterocycles. The molecule has 0 fully saturated rings. The van der Waals surface area contributed by atoms with Gasteiger partial charge < -0.3 is 19.6 Å². The molecule has 1 aromatic heterocycles. The molecule has 6 nitrogen and oxygen atoms in total. The predicted molar refractivity (Wildman–Crippen MR) is 79.6 cm³/mol. The second kappa shape index (κ2) is 6.98. The number of nitrogens with zero attached hydrogens (tertiary/aromatic N) is 2. The summed E-state index contributed by atoms with van der Waals surface area (Å²) in [5, 5.41) is 29.5. The molecule has 0 aliphatic carbocycles. The molecule has 0 radical (unpaired) electrons. The number of hydrogen-bond acceptors (Lipinski definition) is 6. The molecular formula is C16H13N3O3. The largest absolute Gasteiger partial charge is 0.497 e. The van der Waals surface area contributed by atoms with Crippen LogP contribution in [0.4, 0.5) is 5.69 Å². The summed E-state index contributed by atoms with van der Waals surface area (Å²) in [6.45, 7) is -0.189. The Hall–Kier alpha value is -3.22. The number of hydrogen-bond donors (Lipinski definition) is 2. The van der Waals surface area contributed by atoms with E-state index in [0.717, 1.165) is 0 Å². The zero-order chi connectivity index (χ0) is 15.9. The van der Waals surface area contributed by atoms with E-state index in [4.69, 9.17) is 24.8 Å². The van der Waals surface area contributed by atoms with E-state index in [1.165, 1.54) is 6.20 Å². The highest BCUT2D eigenvalue weighted by molar-refractivity contribution is 5.77. The molecule has 0 aliphatic rings. The van der Waals surface area contributed by atoms with Crippen LogP contribution in [-0.4, -0.2) is 12.2 Å². The van der Waals surface area contributed by atoms with E-state index in [0.29, 0.717) is 28.5 Å². The highest BCUT2D eigenvalue weighted by atomic mass is 16.5. The third-order valence-electron chi connectivity index (χ3n) is 2.92. The van der Waals surface area contributed by atoms with Crippen LogP contribution in [0.15, 0.2) is 46.5 Å². The molecule has 0 saturated carbocycles. The van der Waals surface area contributed by atoms with Gasteiger partial charge in [0.05, 0.1) is 12.8 Å². The van der Waals surface area contributed by atoms with Crippen LogP contribution in [-0.2, 0) is 6.61 Å². The first-order valence-electron chi connectivity index (χ1n) is 6.36. The van der Waals surface area contributed by atoms with Crippen LogP contribution < -0.4 is 10.1 Å². The number of furan rings is 1. The Labute approximate surface area is 127 Å². The first-order chi connectivity index (χ1) is 10.7. The number of anilines is 1. The van der Waals surface area contributed by atoms with Crippen molar-refractivity contribution in [1.29, 1.82) is 10.5 Å². The number of nitrogens with one attached hydrogen (secondary N) is 1. The fourth-order valence-corrected chi connectivity index (χ4v) is 1.83. The zero-order valence-electron chi connectivity index (χ0n) is 11.8. The van der Waals surface area contributed by atoms with E-state index < -0.39 is 0 Å². The van der Waals surface area contributed by atoms with Crippen LogP contribution >= 0.6 is 0 Å². The van der Waals surface area contributed by atoms with Crippen LogP contribution in [0.1, 0.15) is 5.76 Å². The van der Waals surface area contributed by atoms with E-state index in [2.05, 4.69) is 5.32 Å². The van der Waals surface area contributed by atoms with Gasteiger partial charge in [0.1, 0.15) is 41.6 Å². The Balaban J connectivity index is 2.43. The lowest BCUT2D eigenvalue weighted by atomic mass is 10.1. The lowest BCUT2D eigenvalue weighted by Crippen LogP contribution is -1.94. The van der Waals surface area contributed by atoms with Crippen LogP contribution in [0.3, 0.4) is 0 Å². The average Bonchev–Trinajstić information content (AvgIpc) is 3.04. The fraction of sp³-hybridized carbons (Fsp3) is 0.125.